The molecule has 0 N–H and O–H groups in total. The molecule has 4 aromatic rings. The minimum atomic E-state index is -0.0513. The molecule has 0 amide bonds. The number of hydrogen-bond donors (Lipinski definition) is 0. The zero-order chi connectivity index (χ0) is 22.5. The Morgan fingerprint density at radius 1 is 1.00 bits per heavy atom. The van der Waals surface area contributed by atoms with Crippen molar-refractivity contribution in [3.63, 3.8) is 0 Å². The minimum absolute atomic E-state index is 0.0513. The topological polar surface area (TPSA) is 39.4 Å². The number of rotatable bonds is 4. The first-order chi connectivity index (χ1) is 16.1. The monoisotopic (exact) mass is 459 g/mol. The number of fused-ring (bicyclic) bond motifs is 1. The van der Waals surface area contributed by atoms with Crippen LogP contribution in [0.1, 0.15) is 17.9 Å². The molecule has 2 saturated heterocycles. The molecule has 2 aliphatic heterocycles. The van der Waals surface area contributed by atoms with Crippen LogP contribution in [0.25, 0.3) is 27.7 Å². The fourth-order valence-electron chi connectivity index (χ4n) is 5.21. The maximum Gasteiger partial charge on any atom is 0.255 e. The lowest BCUT2D eigenvalue weighted by molar-refractivity contribution is 0.0780. The first kappa shape index (κ1) is 20.7. The lowest BCUT2D eigenvalue weighted by Crippen LogP contribution is -2.50. The van der Waals surface area contributed by atoms with E-state index in [0.717, 1.165) is 55.1 Å². The van der Waals surface area contributed by atoms with Gasteiger partial charge in [-0.15, -0.1) is 0 Å². The Hall–Kier alpha value is -2.86. The maximum atomic E-state index is 12.9. The van der Waals surface area contributed by atoms with E-state index in [1.54, 1.807) is 10.6 Å². The second-order valence-corrected chi connectivity index (χ2v) is 9.63. The standard InChI is InChI=1S/C27H26ClN3O2/c1-29-16-25(20-14-30(15-20)23-9-11-33-17-23)24-7-6-22(13-26(24)29)31-10-8-19(12-27(31)32)18-2-4-21(28)5-3-18/h2-8,10,12-13,16,20,23H,9,11,14-15,17H2,1H3. The zero-order valence-electron chi connectivity index (χ0n) is 18.6. The van der Waals surface area contributed by atoms with Gasteiger partial charge < -0.3 is 9.30 Å². The number of pyridine rings is 1. The van der Waals surface area contributed by atoms with Gasteiger partial charge in [-0.3, -0.25) is 14.3 Å². The fraction of sp³-hybridized carbons (Fsp3) is 0.296. The molecule has 0 radical (unpaired) electrons. The summed E-state index contributed by atoms with van der Waals surface area (Å²) in [7, 11) is 2.09. The van der Waals surface area contributed by atoms with Crippen molar-refractivity contribution in [2.45, 2.75) is 18.4 Å². The lowest BCUT2D eigenvalue weighted by Gasteiger charge is -2.42. The van der Waals surface area contributed by atoms with Crippen LogP contribution < -0.4 is 5.56 Å². The van der Waals surface area contributed by atoms with Gasteiger partial charge in [-0.1, -0.05) is 29.8 Å². The van der Waals surface area contributed by atoms with Gasteiger partial charge >= 0.3 is 0 Å². The highest BCUT2D eigenvalue weighted by Crippen LogP contribution is 2.36. The number of aromatic nitrogens is 2. The molecule has 6 heteroatoms. The first-order valence-corrected chi connectivity index (χ1v) is 11.8. The number of hydrogen-bond acceptors (Lipinski definition) is 3. The number of likely N-dealkylation sites (tertiary alicyclic amines) is 1. The van der Waals surface area contributed by atoms with Crippen LogP contribution in [0.3, 0.4) is 0 Å². The Bertz CT molecular complexity index is 1380. The van der Waals surface area contributed by atoms with E-state index < -0.39 is 0 Å². The Morgan fingerprint density at radius 3 is 2.55 bits per heavy atom. The molecule has 2 aromatic heterocycles. The summed E-state index contributed by atoms with van der Waals surface area (Å²) < 4.78 is 9.44. The average Bonchev–Trinajstić information content (AvgIpc) is 3.42. The summed E-state index contributed by atoms with van der Waals surface area (Å²) in [6.07, 6.45) is 5.26. The van der Waals surface area contributed by atoms with Gasteiger partial charge in [0, 0.05) is 67.6 Å². The zero-order valence-corrected chi connectivity index (χ0v) is 19.3. The summed E-state index contributed by atoms with van der Waals surface area (Å²) >= 11 is 5.99. The van der Waals surface area contributed by atoms with Crippen LogP contribution in [0.5, 0.6) is 0 Å². The van der Waals surface area contributed by atoms with E-state index in [0.29, 0.717) is 17.0 Å². The molecular formula is C27H26ClN3O2. The highest BCUT2D eigenvalue weighted by atomic mass is 35.5. The normalized spacial score (nSPS) is 19.3. The van der Waals surface area contributed by atoms with E-state index >= 15 is 0 Å². The molecule has 168 valence electrons. The second-order valence-electron chi connectivity index (χ2n) is 9.20. The van der Waals surface area contributed by atoms with Gasteiger partial charge in [-0.2, -0.15) is 0 Å². The molecule has 33 heavy (non-hydrogen) atoms. The Labute approximate surface area is 197 Å². The molecule has 6 rings (SSSR count). The molecule has 4 heterocycles. The van der Waals surface area contributed by atoms with Crippen molar-refractivity contribution >= 4 is 22.5 Å². The van der Waals surface area contributed by atoms with E-state index in [1.807, 2.05) is 36.5 Å². The van der Waals surface area contributed by atoms with Crippen molar-refractivity contribution in [3.8, 4) is 16.8 Å². The van der Waals surface area contributed by atoms with Gasteiger partial charge in [0.25, 0.3) is 5.56 Å². The first-order valence-electron chi connectivity index (χ1n) is 11.5. The van der Waals surface area contributed by atoms with E-state index in [2.05, 4.69) is 40.9 Å². The van der Waals surface area contributed by atoms with Gasteiger partial charge in [-0.25, -0.2) is 0 Å². The van der Waals surface area contributed by atoms with E-state index in [4.69, 9.17) is 16.3 Å². The van der Waals surface area contributed by atoms with Crippen molar-refractivity contribution in [3.05, 3.63) is 87.9 Å². The van der Waals surface area contributed by atoms with Crippen molar-refractivity contribution in [2.75, 3.05) is 26.3 Å². The largest absolute Gasteiger partial charge is 0.380 e. The van der Waals surface area contributed by atoms with Gasteiger partial charge in [-0.05, 0) is 53.4 Å². The third-order valence-electron chi connectivity index (χ3n) is 7.15. The summed E-state index contributed by atoms with van der Waals surface area (Å²) in [6.45, 7) is 3.96. The fourth-order valence-corrected chi connectivity index (χ4v) is 5.34. The third kappa shape index (κ3) is 3.70. The SMILES string of the molecule is Cn1cc(C2CN(C3CCOC3)C2)c2ccc(-n3ccc(-c4ccc(Cl)cc4)cc3=O)cc21. The van der Waals surface area contributed by atoms with Gasteiger partial charge in [0.2, 0.25) is 0 Å². The van der Waals surface area contributed by atoms with E-state index in [1.165, 1.54) is 10.9 Å². The van der Waals surface area contributed by atoms with Crippen molar-refractivity contribution in [1.29, 1.82) is 0 Å². The summed E-state index contributed by atoms with van der Waals surface area (Å²) in [5.41, 5.74) is 5.24. The number of nitrogens with zero attached hydrogens (tertiary/aromatic N) is 3. The van der Waals surface area contributed by atoms with Crippen LogP contribution in [0.2, 0.25) is 5.02 Å². The van der Waals surface area contributed by atoms with Crippen LogP contribution >= 0.6 is 11.6 Å². The highest BCUT2D eigenvalue weighted by Gasteiger charge is 2.36. The van der Waals surface area contributed by atoms with Crippen LogP contribution in [-0.2, 0) is 11.8 Å². The van der Waals surface area contributed by atoms with E-state index in [9.17, 15) is 4.79 Å². The van der Waals surface area contributed by atoms with Crippen molar-refractivity contribution in [1.82, 2.24) is 14.0 Å². The molecule has 5 nitrogen and oxygen atoms in total. The summed E-state index contributed by atoms with van der Waals surface area (Å²) in [5, 5.41) is 1.96. The molecule has 1 unspecified atom stereocenters. The van der Waals surface area contributed by atoms with Crippen LogP contribution in [0.4, 0.5) is 0 Å². The molecule has 0 aliphatic carbocycles. The van der Waals surface area contributed by atoms with Crippen LogP contribution in [0, 0.1) is 0 Å². The average molecular weight is 460 g/mol. The molecule has 0 saturated carbocycles. The second kappa shape index (κ2) is 8.17. The molecule has 2 aromatic carbocycles. The molecule has 2 fully saturated rings. The predicted molar refractivity (Wildman–Crippen MR) is 132 cm³/mol. The van der Waals surface area contributed by atoms with Crippen molar-refractivity contribution < 1.29 is 4.74 Å². The van der Waals surface area contributed by atoms with Gasteiger partial charge in [0.1, 0.15) is 0 Å². The quantitative estimate of drug-likeness (QED) is 0.438. The van der Waals surface area contributed by atoms with Crippen LogP contribution in [0.15, 0.2) is 71.8 Å². The molecule has 0 spiro atoms. The Kier molecular flexibility index (Phi) is 5.13. The van der Waals surface area contributed by atoms with Crippen LogP contribution in [-0.4, -0.2) is 46.4 Å². The van der Waals surface area contributed by atoms with Gasteiger partial charge in [0.05, 0.1) is 17.8 Å². The number of aryl methyl sites for hydroxylation is 1. The maximum absolute atomic E-state index is 12.9. The lowest BCUT2D eigenvalue weighted by atomic mass is 9.89. The number of ether oxygens (including phenoxy) is 1. The highest BCUT2D eigenvalue weighted by molar-refractivity contribution is 6.30. The predicted octanol–water partition coefficient (Wildman–Crippen LogP) is 4.84. The summed E-state index contributed by atoms with van der Waals surface area (Å²) in [6, 6.07) is 18.1. The Morgan fingerprint density at radius 2 is 1.82 bits per heavy atom. The summed E-state index contributed by atoms with van der Waals surface area (Å²) in [5.74, 6) is 0.557. The smallest absolute Gasteiger partial charge is 0.255 e. The number of halogens is 1. The molecule has 1 atom stereocenters. The molecule has 2 aliphatic rings. The molecule has 0 bridgehead atoms. The van der Waals surface area contributed by atoms with Crippen molar-refractivity contribution in [2.24, 2.45) is 7.05 Å². The minimum Gasteiger partial charge on any atom is -0.380 e. The Balaban J connectivity index is 1.28. The third-order valence-corrected chi connectivity index (χ3v) is 7.40. The number of benzene rings is 2. The summed E-state index contributed by atoms with van der Waals surface area (Å²) in [4.78, 5) is 15.5. The van der Waals surface area contributed by atoms with Gasteiger partial charge in [0.15, 0.2) is 0 Å². The molecular weight excluding hydrogens is 434 g/mol. The van der Waals surface area contributed by atoms with E-state index in [-0.39, 0.29) is 5.56 Å².